The standard InChI is InChI=1S/C11H9BrN2O3S2/c1-7(15)9-6-18-11(13-9)14-19(16,17)10-5-3-2-4-8(10)12/h2-6H,1H3,(H,13,14). The van der Waals surface area contributed by atoms with Crippen LogP contribution in [-0.2, 0) is 10.0 Å². The van der Waals surface area contributed by atoms with Crippen LogP contribution in [0.1, 0.15) is 17.4 Å². The zero-order chi connectivity index (χ0) is 14.0. The molecule has 0 bridgehead atoms. The number of hydrogen-bond acceptors (Lipinski definition) is 5. The van der Waals surface area contributed by atoms with E-state index in [4.69, 9.17) is 0 Å². The number of sulfonamides is 1. The molecule has 1 N–H and O–H groups in total. The normalized spacial score (nSPS) is 11.3. The van der Waals surface area contributed by atoms with Crippen LogP contribution < -0.4 is 4.72 Å². The molecule has 100 valence electrons. The number of anilines is 1. The van der Waals surface area contributed by atoms with Gasteiger partial charge in [0, 0.05) is 16.8 Å². The minimum Gasteiger partial charge on any atom is -0.293 e. The van der Waals surface area contributed by atoms with Gasteiger partial charge in [-0.15, -0.1) is 11.3 Å². The number of nitrogens with zero attached hydrogens (tertiary/aromatic N) is 1. The molecule has 0 unspecified atom stereocenters. The molecule has 0 aliphatic heterocycles. The van der Waals surface area contributed by atoms with Crippen molar-refractivity contribution in [3.63, 3.8) is 0 Å². The van der Waals surface area contributed by atoms with Crippen LogP contribution in [0, 0.1) is 0 Å². The molecular formula is C11H9BrN2O3S2. The third-order valence-corrected chi connectivity index (χ3v) is 5.45. The molecule has 2 aromatic rings. The molecule has 0 radical (unpaired) electrons. The number of rotatable bonds is 4. The fourth-order valence-electron chi connectivity index (χ4n) is 1.31. The second-order valence-electron chi connectivity index (χ2n) is 3.63. The predicted octanol–water partition coefficient (Wildman–Crippen LogP) is 2.91. The van der Waals surface area contributed by atoms with E-state index in [1.165, 1.54) is 18.4 Å². The first-order chi connectivity index (χ1) is 8.90. The van der Waals surface area contributed by atoms with Gasteiger partial charge in [0.2, 0.25) is 0 Å². The van der Waals surface area contributed by atoms with Gasteiger partial charge in [-0.1, -0.05) is 12.1 Å². The molecule has 1 aromatic carbocycles. The number of nitrogens with one attached hydrogen (secondary N) is 1. The fraction of sp³-hybridized carbons (Fsp3) is 0.0909. The first-order valence-electron chi connectivity index (χ1n) is 5.14. The summed E-state index contributed by atoms with van der Waals surface area (Å²) in [5.74, 6) is -0.206. The Balaban J connectivity index is 2.31. The number of hydrogen-bond donors (Lipinski definition) is 1. The molecule has 0 fully saturated rings. The molecule has 0 spiro atoms. The van der Waals surface area contributed by atoms with Crippen LogP contribution >= 0.6 is 27.3 Å². The molecule has 0 amide bonds. The first kappa shape index (κ1) is 14.2. The van der Waals surface area contributed by atoms with Crippen molar-refractivity contribution in [1.82, 2.24) is 4.98 Å². The minimum absolute atomic E-state index is 0.120. The van der Waals surface area contributed by atoms with Gasteiger partial charge in [-0.25, -0.2) is 13.4 Å². The average Bonchev–Trinajstić information content (AvgIpc) is 2.77. The van der Waals surface area contributed by atoms with E-state index in [0.717, 1.165) is 11.3 Å². The Kier molecular flexibility index (Phi) is 4.02. The maximum Gasteiger partial charge on any atom is 0.264 e. The van der Waals surface area contributed by atoms with E-state index >= 15 is 0 Å². The average molecular weight is 361 g/mol. The van der Waals surface area contributed by atoms with Crippen LogP contribution in [0.25, 0.3) is 0 Å². The topological polar surface area (TPSA) is 76.1 Å². The molecule has 1 aromatic heterocycles. The smallest absolute Gasteiger partial charge is 0.264 e. The summed E-state index contributed by atoms with van der Waals surface area (Å²) in [6.07, 6.45) is 0. The molecule has 0 atom stereocenters. The molecule has 8 heteroatoms. The molecule has 19 heavy (non-hydrogen) atoms. The van der Waals surface area contributed by atoms with Crippen LogP contribution in [-0.4, -0.2) is 19.2 Å². The van der Waals surface area contributed by atoms with Gasteiger partial charge in [0.1, 0.15) is 10.6 Å². The van der Waals surface area contributed by atoms with Crippen molar-refractivity contribution in [3.05, 3.63) is 39.8 Å². The number of carbonyl (C=O) groups excluding carboxylic acids is 1. The van der Waals surface area contributed by atoms with Gasteiger partial charge in [-0.2, -0.15) is 0 Å². The number of aromatic nitrogens is 1. The van der Waals surface area contributed by atoms with Crippen LogP contribution in [0.4, 0.5) is 5.13 Å². The second-order valence-corrected chi connectivity index (χ2v) is 6.99. The van der Waals surface area contributed by atoms with Crippen molar-refractivity contribution in [2.45, 2.75) is 11.8 Å². The largest absolute Gasteiger partial charge is 0.293 e. The van der Waals surface area contributed by atoms with Gasteiger partial charge < -0.3 is 0 Å². The van der Waals surface area contributed by atoms with Crippen molar-refractivity contribution in [1.29, 1.82) is 0 Å². The van der Waals surface area contributed by atoms with E-state index in [9.17, 15) is 13.2 Å². The summed E-state index contributed by atoms with van der Waals surface area (Å²) < 4.78 is 27.1. The van der Waals surface area contributed by atoms with Crippen LogP contribution in [0.3, 0.4) is 0 Å². The number of halogens is 1. The highest BCUT2D eigenvalue weighted by Gasteiger charge is 2.19. The quantitative estimate of drug-likeness (QED) is 0.850. The Labute approximate surface area is 122 Å². The molecule has 1 heterocycles. The van der Waals surface area contributed by atoms with Crippen LogP contribution in [0.5, 0.6) is 0 Å². The van der Waals surface area contributed by atoms with Crippen molar-refractivity contribution in [3.8, 4) is 0 Å². The monoisotopic (exact) mass is 360 g/mol. The minimum atomic E-state index is -3.72. The van der Waals surface area contributed by atoms with E-state index in [0.29, 0.717) is 4.47 Å². The fourth-order valence-corrected chi connectivity index (χ4v) is 4.32. The Morgan fingerprint density at radius 1 is 1.37 bits per heavy atom. The molecule has 0 saturated carbocycles. The summed E-state index contributed by atoms with van der Waals surface area (Å²) in [6.45, 7) is 1.38. The summed E-state index contributed by atoms with van der Waals surface area (Å²) >= 11 is 4.25. The number of Topliss-reactive ketones (excluding diaryl/α,β-unsaturated/α-hetero) is 1. The third-order valence-electron chi connectivity index (χ3n) is 2.21. The van der Waals surface area contributed by atoms with Crippen molar-refractivity contribution < 1.29 is 13.2 Å². The van der Waals surface area contributed by atoms with E-state index in [1.54, 1.807) is 18.2 Å². The SMILES string of the molecule is CC(=O)c1csc(NS(=O)(=O)c2ccccc2Br)n1. The predicted molar refractivity (Wildman–Crippen MR) is 77.1 cm³/mol. The zero-order valence-corrected chi connectivity index (χ0v) is 13.0. The summed E-state index contributed by atoms with van der Waals surface area (Å²) in [4.78, 5) is 15.1. The molecule has 0 aliphatic rings. The van der Waals surface area contributed by atoms with E-state index in [1.807, 2.05) is 0 Å². The zero-order valence-electron chi connectivity index (χ0n) is 9.75. The highest BCUT2D eigenvalue weighted by atomic mass is 79.9. The Morgan fingerprint density at radius 3 is 2.63 bits per heavy atom. The number of ketones is 1. The number of carbonyl (C=O) groups is 1. The lowest BCUT2D eigenvalue weighted by Gasteiger charge is -2.06. The third kappa shape index (κ3) is 3.20. The van der Waals surface area contributed by atoms with E-state index in [-0.39, 0.29) is 21.5 Å². The van der Waals surface area contributed by atoms with E-state index in [2.05, 4.69) is 25.6 Å². The van der Waals surface area contributed by atoms with E-state index < -0.39 is 10.0 Å². The Morgan fingerprint density at radius 2 is 2.05 bits per heavy atom. The number of benzene rings is 1. The van der Waals surface area contributed by atoms with Crippen LogP contribution in [0.2, 0.25) is 0 Å². The summed E-state index contributed by atoms with van der Waals surface area (Å²) in [5.41, 5.74) is 0.245. The summed E-state index contributed by atoms with van der Waals surface area (Å²) in [7, 11) is -3.72. The molecule has 5 nitrogen and oxygen atoms in total. The van der Waals surface area contributed by atoms with Crippen molar-refractivity contribution in [2.24, 2.45) is 0 Å². The highest BCUT2D eigenvalue weighted by molar-refractivity contribution is 9.10. The highest BCUT2D eigenvalue weighted by Crippen LogP contribution is 2.25. The van der Waals surface area contributed by atoms with Gasteiger partial charge in [-0.05, 0) is 28.1 Å². The molecular weight excluding hydrogens is 352 g/mol. The van der Waals surface area contributed by atoms with Gasteiger partial charge in [0.15, 0.2) is 10.9 Å². The van der Waals surface area contributed by atoms with Gasteiger partial charge in [-0.3, -0.25) is 9.52 Å². The Hall–Kier alpha value is -1.25. The van der Waals surface area contributed by atoms with Crippen molar-refractivity contribution in [2.75, 3.05) is 4.72 Å². The van der Waals surface area contributed by atoms with Gasteiger partial charge in [0.25, 0.3) is 10.0 Å². The van der Waals surface area contributed by atoms with Gasteiger partial charge >= 0.3 is 0 Å². The second kappa shape index (κ2) is 5.40. The summed E-state index contributed by atoms with van der Waals surface area (Å²) in [6, 6.07) is 6.46. The lowest BCUT2D eigenvalue weighted by molar-refractivity contribution is 0.101. The summed E-state index contributed by atoms with van der Waals surface area (Å²) in [5, 5.41) is 1.68. The maximum atomic E-state index is 12.1. The number of thiazole rings is 1. The van der Waals surface area contributed by atoms with Gasteiger partial charge in [0.05, 0.1) is 0 Å². The molecule has 0 aliphatic carbocycles. The van der Waals surface area contributed by atoms with Crippen molar-refractivity contribution >= 4 is 48.2 Å². The lowest BCUT2D eigenvalue weighted by atomic mass is 10.4. The lowest BCUT2D eigenvalue weighted by Crippen LogP contribution is -2.13. The maximum absolute atomic E-state index is 12.1. The molecule has 2 rings (SSSR count). The first-order valence-corrected chi connectivity index (χ1v) is 8.29. The Bertz CT molecular complexity index is 725. The van der Waals surface area contributed by atoms with Crippen LogP contribution in [0.15, 0.2) is 39.0 Å². The molecule has 0 saturated heterocycles.